The number of amides is 2. The number of carbonyl (C=O) groups is 2. The standard InChI is InChI=1S/C22H24ClN5O3/c1-13-10-14(2)24-20-19(13)21(26-27(20)3)31-12-18(29)25-17-7-6-15(23)11-16(17)22(30)28-8-4-5-9-28/h6-7,10-11H,4-5,8-9,12H2,1-3H3,(H,25,29). The normalized spacial score (nSPS) is 13.6. The summed E-state index contributed by atoms with van der Waals surface area (Å²) in [5.74, 6) is -0.180. The van der Waals surface area contributed by atoms with Gasteiger partial charge in [-0.05, 0) is 56.5 Å². The van der Waals surface area contributed by atoms with Gasteiger partial charge in [0, 0.05) is 30.9 Å². The number of rotatable bonds is 5. The molecule has 3 heterocycles. The summed E-state index contributed by atoms with van der Waals surface area (Å²) in [4.78, 5) is 31.7. The first-order valence-electron chi connectivity index (χ1n) is 10.2. The van der Waals surface area contributed by atoms with Crippen LogP contribution in [0.1, 0.15) is 34.5 Å². The number of aryl methyl sites for hydroxylation is 3. The first-order valence-corrected chi connectivity index (χ1v) is 10.5. The highest BCUT2D eigenvalue weighted by Crippen LogP contribution is 2.27. The van der Waals surface area contributed by atoms with E-state index in [0.29, 0.717) is 40.9 Å². The molecular formula is C22H24ClN5O3. The molecule has 0 unspecified atom stereocenters. The number of fused-ring (bicyclic) bond motifs is 1. The number of benzene rings is 1. The minimum Gasteiger partial charge on any atom is -0.466 e. The van der Waals surface area contributed by atoms with Gasteiger partial charge in [-0.15, -0.1) is 5.10 Å². The number of pyridine rings is 1. The number of likely N-dealkylation sites (tertiary alicyclic amines) is 1. The van der Waals surface area contributed by atoms with Crippen LogP contribution in [-0.4, -0.2) is 51.2 Å². The molecule has 1 saturated heterocycles. The summed E-state index contributed by atoms with van der Waals surface area (Å²) in [6.07, 6.45) is 1.96. The number of ether oxygens (including phenoxy) is 1. The Morgan fingerprint density at radius 2 is 1.94 bits per heavy atom. The second-order valence-corrected chi connectivity index (χ2v) is 8.17. The van der Waals surface area contributed by atoms with E-state index >= 15 is 0 Å². The van der Waals surface area contributed by atoms with Crippen molar-refractivity contribution in [2.45, 2.75) is 26.7 Å². The maximum Gasteiger partial charge on any atom is 0.262 e. The third-order valence-electron chi connectivity index (χ3n) is 5.31. The average molecular weight is 442 g/mol. The van der Waals surface area contributed by atoms with E-state index in [2.05, 4.69) is 15.4 Å². The van der Waals surface area contributed by atoms with Crippen LogP contribution >= 0.6 is 11.6 Å². The molecule has 1 aliphatic heterocycles. The summed E-state index contributed by atoms with van der Waals surface area (Å²) in [7, 11) is 1.78. The van der Waals surface area contributed by atoms with Crippen molar-refractivity contribution >= 4 is 40.1 Å². The number of halogens is 1. The minimum absolute atomic E-state index is 0.135. The van der Waals surface area contributed by atoms with Gasteiger partial charge in [0.15, 0.2) is 12.3 Å². The summed E-state index contributed by atoms with van der Waals surface area (Å²) >= 11 is 6.10. The van der Waals surface area contributed by atoms with Gasteiger partial charge in [0.25, 0.3) is 11.8 Å². The van der Waals surface area contributed by atoms with Gasteiger partial charge in [-0.2, -0.15) is 0 Å². The number of hydrogen-bond acceptors (Lipinski definition) is 5. The Morgan fingerprint density at radius 3 is 2.68 bits per heavy atom. The van der Waals surface area contributed by atoms with E-state index in [1.165, 1.54) is 0 Å². The monoisotopic (exact) mass is 441 g/mol. The molecule has 0 atom stereocenters. The molecule has 9 heteroatoms. The van der Waals surface area contributed by atoms with E-state index in [0.717, 1.165) is 29.5 Å². The number of anilines is 1. The zero-order chi connectivity index (χ0) is 22.1. The van der Waals surface area contributed by atoms with Crippen LogP contribution in [0.3, 0.4) is 0 Å². The van der Waals surface area contributed by atoms with Crippen molar-refractivity contribution in [1.29, 1.82) is 0 Å². The van der Waals surface area contributed by atoms with Crippen LogP contribution in [0.5, 0.6) is 5.88 Å². The first kappa shape index (κ1) is 21.1. The first-order chi connectivity index (χ1) is 14.8. The van der Waals surface area contributed by atoms with Crippen molar-refractivity contribution < 1.29 is 14.3 Å². The quantitative estimate of drug-likeness (QED) is 0.654. The molecule has 0 aliphatic carbocycles. The second kappa shape index (κ2) is 8.55. The Hall–Kier alpha value is -3.13. The Kier molecular flexibility index (Phi) is 5.82. The molecule has 3 aromatic rings. The molecule has 2 amide bonds. The fourth-order valence-corrected chi connectivity index (χ4v) is 4.04. The van der Waals surface area contributed by atoms with Crippen molar-refractivity contribution in [2.75, 3.05) is 25.0 Å². The van der Waals surface area contributed by atoms with Gasteiger partial charge in [0.05, 0.1) is 16.6 Å². The van der Waals surface area contributed by atoms with Crippen molar-refractivity contribution in [3.8, 4) is 5.88 Å². The van der Waals surface area contributed by atoms with Crippen LogP contribution in [0, 0.1) is 13.8 Å². The molecular weight excluding hydrogens is 418 g/mol. The number of aromatic nitrogens is 3. The maximum absolute atomic E-state index is 12.9. The minimum atomic E-state index is -0.394. The predicted molar refractivity (Wildman–Crippen MR) is 119 cm³/mol. The van der Waals surface area contributed by atoms with E-state index in [-0.39, 0.29) is 12.5 Å². The lowest BCUT2D eigenvalue weighted by Gasteiger charge is -2.18. The average Bonchev–Trinajstić information content (AvgIpc) is 3.36. The lowest BCUT2D eigenvalue weighted by atomic mass is 10.1. The number of carbonyl (C=O) groups excluding carboxylic acids is 2. The van der Waals surface area contributed by atoms with Crippen molar-refractivity contribution in [3.05, 3.63) is 46.1 Å². The summed E-state index contributed by atoms with van der Waals surface area (Å²) in [5, 5.41) is 8.34. The van der Waals surface area contributed by atoms with Crippen LogP contribution in [0.4, 0.5) is 5.69 Å². The largest absolute Gasteiger partial charge is 0.466 e. The Balaban J connectivity index is 1.50. The molecule has 1 N–H and O–H groups in total. The molecule has 162 valence electrons. The van der Waals surface area contributed by atoms with E-state index in [1.807, 2.05) is 19.9 Å². The molecule has 2 aromatic heterocycles. The van der Waals surface area contributed by atoms with Crippen molar-refractivity contribution in [2.24, 2.45) is 7.05 Å². The lowest BCUT2D eigenvalue weighted by Crippen LogP contribution is -2.29. The summed E-state index contributed by atoms with van der Waals surface area (Å²) in [5.41, 5.74) is 3.34. The number of nitrogens with one attached hydrogen (secondary N) is 1. The van der Waals surface area contributed by atoms with Gasteiger partial charge in [0.2, 0.25) is 5.88 Å². The molecule has 0 spiro atoms. The summed E-state index contributed by atoms with van der Waals surface area (Å²) < 4.78 is 7.35. The van der Waals surface area contributed by atoms with Gasteiger partial charge in [0.1, 0.15) is 0 Å². The molecule has 0 saturated carbocycles. The Morgan fingerprint density at radius 1 is 1.19 bits per heavy atom. The highest BCUT2D eigenvalue weighted by Gasteiger charge is 2.23. The lowest BCUT2D eigenvalue weighted by molar-refractivity contribution is -0.118. The maximum atomic E-state index is 12.9. The third kappa shape index (κ3) is 4.34. The SMILES string of the molecule is Cc1cc(C)c2c(OCC(=O)Nc3ccc(Cl)cc3C(=O)N3CCCC3)nn(C)c2n1. The number of hydrogen-bond donors (Lipinski definition) is 1. The molecule has 1 aromatic carbocycles. The summed E-state index contributed by atoms with van der Waals surface area (Å²) in [6, 6.07) is 6.81. The van der Waals surface area contributed by atoms with Gasteiger partial charge in [-0.3, -0.25) is 9.59 Å². The fraction of sp³-hybridized carbons (Fsp3) is 0.364. The highest BCUT2D eigenvalue weighted by atomic mass is 35.5. The van der Waals surface area contributed by atoms with Crippen LogP contribution in [-0.2, 0) is 11.8 Å². The number of nitrogens with zero attached hydrogens (tertiary/aromatic N) is 4. The topological polar surface area (TPSA) is 89.4 Å². The van der Waals surface area contributed by atoms with Gasteiger partial charge in [-0.25, -0.2) is 9.67 Å². The molecule has 31 heavy (non-hydrogen) atoms. The van der Waals surface area contributed by atoms with Gasteiger partial charge < -0.3 is 15.0 Å². The highest BCUT2D eigenvalue weighted by molar-refractivity contribution is 6.31. The Labute approximate surface area is 185 Å². The van der Waals surface area contributed by atoms with Crippen LogP contribution in [0.2, 0.25) is 5.02 Å². The molecule has 0 radical (unpaired) electrons. The third-order valence-corrected chi connectivity index (χ3v) is 5.54. The van der Waals surface area contributed by atoms with E-state index in [9.17, 15) is 9.59 Å². The van der Waals surface area contributed by atoms with Crippen molar-refractivity contribution in [1.82, 2.24) is 19.7 Å². The van der Waals surface area contributed by atoms with Crippen molar-refractivity contribution in [3.63, 3.8) is 0 Å². The zero-order valence-electron chi connectivity index (χ0n) is 17.7. The van der Waals surface area contributed by atoms with Crippen LogP contribution in [0.25, 0.3) is 11.0 Å². The van der Waals surface area contributed by atoms with Crippen LogP contribution < -0.4 is 10.1 Å². The smallest absolute Gasteiger partial charge is 0.262 e. The summed E-state index contributed by atoms with van der Waals surface area (Å²) in [6.45, 7) is 5.04. The zero-order valence-corrected chi connectivity index (χ0v) is 18.5. The van der Waals surface area contributed by atoms with Gasteiger partial charge in [-0.1, -0.05) is 11.6 Å². The van der Waals surface area contributed by atoms with Gasteiger partial charge >= 0.3 is 0 Å². The second-order valence-electron chi connectivity index (χ2n) is 7.73. The van der Waals surface area contributed by atoms with E-state index < -0.39 is 5.91 Å². The fourth-order valence-electron chi connectivity index (χ4n) is 3.86. The molecule has 8 nitrogen and oxygen atoms in total. The molecule has 1 aliphatic rings. The predicted octanol–water partition coefficient (Wildman–Crippen LogP) is 3.49. The Bertz CT molecular complexity index is 1170. The van der Waals surface area contributed by atoms with Crippen LogP contribution in [0.15, 0.2) is 24.3 Å². The molecule has 1 fully saturated rings. The van der Waals surface area contributed by atoms with E-state index in [1.54, 1.807) is 34.8 Å². The molecule has 4 rings (SSSR count). The van der Waals surface area contributed by atoms with E-state index in [4.69, 9.17) is 16.3 Å². The molecule has 0 bridgehead atoms.